The average molecular weight is 341 g/mol. The molecule has 7 nitrogen and oxygen atoms in total. The molecule has 0 radical (unpaired) electrons. The molecule has 0 N–H and O–H groups in total. The predicted octanol–water partition coefficient (Wildman–Crippen LogP) is 3.12. The van der Waals surface area contributed by atoms with E-state index >= 15 is 0 Å². The average Bonchev–Trinajstić information content (AvgIpc) is 3.02. The summed E-state index contributed by atoms with van der Waals surface area (Å²) < 4.78 is 8.67. The van der Waals surface area contributed by atoms with E-state index in [2.05, 4.69) is 10.2 Å². The van der Waals surface area contributed by atoms with Crippen molar-refractivity contribution in [3.05, 3.63) is 28.7 Å². The summed E-state index contributed by atoms with van der Waals surface area (Å²) >= 11 is 0. The molecule has 0 spiro atoms. The summed E-state index contributed by atoms with van der Waals surface area (Å²) in [5.41, 5.74) is 5.44. The Labute approximate surface area is 146 Å². The molecular formula is C18H23N5O2. The van der Waals surface area contributed by atoms with Crippen molar-refractivity contribution in [3.63, 3.8) is 0 Å². The largest absolute Gasteiger partial charge is 0.465 e. The van der Waals surface area contributed by atoms with Gasteiger partial charge in [0.2, 0.25) is 0 Å². The zero-order valence-corrected chi connectivity index (χ0v) is 15.7. The summed E-state index contributed by atoms with van der Waals surface area (Å²) in [6, 6.07) is 1.91. The van der Waals surface area contributed by atoms with Gasteiger partial charge in [-0.25, -0.2) is 14.5 Å². The maximum absolute atomic E-state index is 12.4. The highest BCUT2D eigenvalue weighted by Gasteiger charge is 2.23. The van der Waals surface area contributed by atoms with E-state index in [9.17, 15) is 4.79 Å². The van der Waals surface area contributed by atoms with Crippen LogP contribution in [0.25, 0.3) is 22.3 Å². The molecule has 0 aliphatic heterocycles. The quantitative estimate of drug-likeness (QED) is 0.684. The van der Waals surface area contributed by atoms with Gasteiger partial charge in [-0.15, -0.1) is 0 Å². The number of ether oxygens (including phenoxy) is 1. The van der Waals surface area contributed by atoms with E-state index in [1.165, 1.54) is 7.11 Å². The molecule has 3 aromatic heterocycles. The number of fused-ring (bicyclic) bond motifs is 1. The monoisotopic (exact) mass is 341 g/mol. The summed E-state index contributed by atoms with van der Waals surface area (Å²) in [4.78, 5) is 17.2. The third kappa shape index (κ3) is 2.59. The lowest BCUT2D eigenvalue weighted by molar-refractivity contribution is 0.0603. The zero-order chi connectivity index (χ0) is 18.5. The van der Waals surface area contributed by atoms with Crippen molar-refractivity contribution in [3.8, 4) is 11.3 Å². The number of aryl methyl sites for hydroxylation is 3. The first-order valence-electron chi connectivity index (χ1n) is 8.25. The van der Waals surface area contributed by atoms with Crippen molar-refractivity contribution >= 4 is 17.0 Å². The summed E-state index contributed by atoms with van der Waals surface area (Å²) in [7, 11) is 3.28. The highest BCUT2D eigenvalue weighted by atomic mass is 16.5. The van der Waals surface area contributed by atoms with Gasteiger partial charge in [0.05, 0.1) is 35.1 Å². The lowest BCUT2D eigenvalue weighted by atomic mass is 10.0. The SMILES string of the molecule is COC(=O)c1cc(-c2c(C)nn(C)c2C)nc2c1c(C)nn2C(C)C. The number of carbonyl (C=O) groups excluding carboxylic acids is 1. The molecule has 0 atom stereocenters. The number of hydrogen-bond donors (Lipinski definition) is 0. The first kappa shape index (κ1) is 17.1. The first-order chi connectivity index (χ1) is 11.8. The molecule has 0 saturated carbocycles. The minimum absolute atomic E-state index is 0.125. The Morgan fingerprint density at radius 1 is 1.16 bits per heavy atom. The Balaban J connectivity index is 2.42. The highest BCUT2D eigenvalue weighted by Crippen LogP contribution is 2.31. The van der Waals surface area contributed by atoms with Crippen LogP contribution in [-0.4, -0.2) is 37.6 Å². The molecule has 3 rings (SSSR count). The molecule has 0 bridgehead atoms. The minimum atomic E-state index is -0.390. The van der Waals surface area contributed by atoms with E-state index in [4.69, 9.17) is 9.72 Å². The summed E-state index contributed by atoms with van der Waals surface area (Å²) in [5, 5.41) is 9.78. The van der Waals surface area contributed by atoms with Crippen LogP contribution < -0.4 is 0 Å². The molecule has 132 valence electrons. The number of rotatable bonds is 3. The topological polar surface area (TPSA) is 74.8 Å². The first-order valence-corrected chi connectivity index (χ1v) is 8.25. The van der Waals surface area contributed by atoms with Gasteiger partial charge in [0, 0.05) is 24.3 Å². The van der Waals surface area contributed by atoms with Crippen LogP contribution in [0.3, 0.4) is 0 Å². The van der Waals surface area contributed by atoms with Crippen molar-refractivity contribution < 1.29 is 9.53 Å². The number of aromatic nitrogens is 5. The maximum atomic E-state index is 12.4. The minimum Gasteiger partial charge on any atom is -0.465 e. The Bertz CT molecular complexity index is 981. The van der Waals surface area contributed by atoms with Crippen molar-refractivity contribution in [2.75, 3.05) is 7.11 Å². The van der Waals surface area contributed by atoms with Gasteiger partial charge in [-0.2, -0.15) is 10.2 Å². The van der Waals surface area contributed by atoms with Gasteiger partial charge in [-0.3, -0.25) is 4.68 Å². The third-order valence-electron chi connectivity index (χ3n) is 4.50. The fourth-order valence-corrected chi connectivity index (χ4v) is 3.22. The molecule has 7 heteroatoms. The predicted molar refractivity (Wildman–Crippen MR) is 95.7 cm³/mol. The van der Waals surface area contributed by atoms with Crippen molar-refractivity contribution in [1.82, 2.24) is 24.5 Å². The Morgan fingerprint density at radius 3 is 2.36 bits per heavy atom. The summed E-state index contributed by atoms with van der Waals surface area (Å²) in [6.45, 7) is 9.90. The number of hydrogen-bond acceptors (Lipinski definition) is 5. The Hall–Kier alpha value is -2.70. The second-order valence-corrected chi connectivity index (χ2v) is 6.54. The second kappa shape index (κ2) is 5.98. The van der Waals surface area contributed by atoms with Crippen LogP contribution in [0.1, 0.15) is 47.3 Å². The molecule has 0 aromatic carbocycles. The molecule has 25 heavy (non-hydrogen) atoms. The van der Waals surface area contributed by atoms with E-state index in [1.54, 1.807) is 6.07 Å². The zero-order valence-electron chi connectivity index (χ0n) is 15.7. The number of esters is 1. The summed E-state index contributed by atoms with van der Waals surface area (Å²) in [6.07, 6.45) is 0. The van der Waals surface area contributed by atoms with Gasteiger partial charge in [0.1, 0.15) is 0 Å². The van der Waals surface area contributed by atoms with Crippen LogP contribution in [-0.2, 0) is 11.8 Å². The van der Waals surface area contributed by atoms with E-state index in [1.807, 2.05) is 51.0 Å². The molecule has 0 amide bonds. The number of carbonyl (C=O) groups is 1. The van der Waals surface area contributed by atoms with Gasteiger partial charge in [0.15, 0.2) is 5.65 Å². The lowest BCUT2D eigenvalue weighted by Crippen LogP contribution is -2.07. The van der Waals surface area contributed by atoms with Crippen LogP contribution in [0.4, 0.5) is 0 Å². The molecule has 0 unspecified atom stereocenters. The van der Waals surface area contributed by atoms with Crippen LogP contribution >= 0.6 is 0 Å². The van der Waals surface area contributed by atoms with Crippen molar-refractivity contribution in [1.29, 1.82) is 0 Å². The molecule has 3 aromatic rings. The lowest BCUT2D eigenvalue weighted by Gasteiger charge is -2.10. The molecule has 0 fully saturated rings. The van der Waals surface area contributed by atoms with Gasteiger partial charge >= 0.3 is 5.97 Å². The van der Waals surface area contributed by atoms with Gasteiger partial charge in [0.25, 0.3) is 0 Å². The fourth-order valence-electron chi connectivity index (χ4n) is 3.22. The van der Waals surface area contributed by atoms with E-state index < -0.39 is 0 Å². The van der Waals surface area contributed by atoms with Gasteiger partial charge in [-0.05, 0) is 40.7 Å². The van der Waals surface area contributed by atoms with Crippen LogP contribution in [0, 0.1) is 20.8 Å². The van der Waals surface area contributed by atoms with Crippen LogP contribution in [0.2, 0.25) is 0 Å². The third-order valence-corrected chi connectivity index (χ3v) is 4.50. The van der Waals surface area contributed by atoms with Crippen LogP contribution in [0.15, 0.2) is 6.07 Å². The smallest absolute Gasteiger partial charge is 0.338 e. The summed E-state index contributed by atoms with van der Waals surface area (Å²) in [5.74, 6) is -0.390. The molecule has 0 aliphatic rings. The van der Waals surface area contributed by atoms with Gasteiger partial charge < -0.3 is 4.74 Å². The van der Waals surface area contributed by atoms with E-state index in [0.717, 1.165) is 28.0 Å². The molecular weight excluding hydrogens is 318 g/mol. The fraction of sp³-hybridized carbons (Fsp3) is 0.444. The number of nitrogens with zero attached hydrogens (tertiary/aromatic N) is 5. The van der Waals surface area contributed by atoms with Gasteiger partial charge in [-0.1, -0.05) is 0 Å². The standard InChI is InChI=1S/C18H23N5O2/c1-9(2)23-17-16(11(4)21-23)13(18(24)25-7)8-14(19-17)15-10(3)20-22(6)12(15)5/h8-9H,1-7H3. The highest BCUT2D eigenvalue weighted by molar-refractivity contribution is 6.05. The van der Waals surface area contributed by atoms with E-state index in [-0.39, 0.29) is 12.0 Å². The maximum Gasteiger partial charge on any atom is 0.338 e. The van der Waals surface area contributed by atoms with Crippen molar-refractivity contribution in [2.24, 2.45) is 7.05 Å². The number of methoxy groups -OCH3 is 1. The normalized spacial score (nSPS) is 11.5. The Kier molecular flexibility index (Phi) is 4.10. The Morgan fingerprint density at radius 2 is 1.84 bits per heavy atom. The van der Waals surface area contributed by atoms with E-state index in [0.29, 0.717) is 16.9 Å². The molecule has 0 saturated heterocycles. The van der Waals surface area contributed by atoms with Crippen LogP contribution in [0.5, 0.6) is 0 Å². The second-order valence-electron chi connectivity index (χ2n) is 6.54. The van der Waals surface area contributed by atoms with Crippen molar-refractivity contribution in [2.45, 2.75) is 40.7 Å². The molecule has 0 aliphatic carbocycles. The molecule has 3 heterocycles. The number of pyridine rings is 1.